The van der Waals surface area contributed by atoms with Gasteiger partial charge in [0.25, 0.3) is 0 Å². The number of para-hydroxylation sites is 1. The number of amides is 1. The molecule has 0 aliphatic rings. The van der Waals surface area contributed by atoms with Crippen molar-refractivity contribution < 1.29 is 4.79 Å². The number of hydrogen-bond donors (Lipinski definition) is 1. The van der Waals surface area contributed by atoms with E-state index in [1.807, 2.05) is 68.4 Å². The van der Waals surface area contributed by atoms with E-state index in [0.717, 1.165) is 11.4 Å². The van der Waals surface area contributed by atoms with E-state index in [1.165, 1.54) is 5.56 Å². The van der Waals surface area contributed by atoms with E-state index < -0.39 is 0 Å². The van der Waals surface area contributed by atoms with Crippen LogP contribution in [-0.2, 0) is 4.79 Å². The van der Waals surface area contributed by atoms with E-state index in [1.54, 1.807) is 4.90 Å². The number of nitrogens with zero attached hydrogens (tertiary/aromatic N) is 1. The van der Waals surface area contributed by atoms with E-state index in [9.17, 15) is 4.79 Å². The van der Waals surface area contributed by atoms with Gasteiger partial charge >= 0.3 is 0 Å². The van der Waals surface area contributed by atoms with E-state index in [4.69, 9.17) is 0 Å². The molecular weight excluding hydrogens is 248 g/mol. The van der Waals surface area contributed by atoms with Gasteiger partial charge in [-0.1, -0.05) is 30.3 Å². The van der Waals surface area contributed by atoms with Gasteiger partial charge in [0.05, 0.1) is 6.54 Å². The number of hydrogen-bond acceptors (Lipinski definition) is 2. The average Bonchev–Trinajstić information content (AvgIpc) is 2.47. The molecular formula is C17H20N2O. The van der Waals surface area contributed by atoms with Gasteiger partial charge in [-0.05, 0) is 43.7 Å². The molecule has 0 unspecified atom stereocenters. The maximum atomic E-state index is 12.3. The van der Waals surface area contributed by atoms with Crippen molar-refractivity contribution >= 4 is 17.3 Å². The average molecular weight is 268 g/mol. The molecule has 0 saturated heterocycles. The second-order valence-corrected chi connectivity index (χ2v) is 4.70. The molecule has 1 N–H and O–H groups in total. The maximum Gasteiger partial charge on any atom is 0.246 e. The normalized spacial score (nSPS) is 10.1. The fourth-order valence-corrected chi connectivity index (χ4v) is 2.14. The van der Waals surface area contributed by atoms with E-state index in [2.05, 4.69) is 5.32 Å². The molecule has 0 fully saturated rings. The molecule has 1 amide bonds. The molecule has 0 bridgehead atoms. The summed E-state index contributed by atoms with van der Waals surface area (Å²) in [7, 11) is 0. The first kappa shape index (κ1) is 14.1. The number of benzene rings is 2. The van der Waals surface area contributed by atoms with Crippen LogP contribution in [0.3, 0.4) is 0 Å². The van der Waals surface area contributed by atoms with Gasteiger partial charge in [0.1, 0.15) is 0 Å². The number of carbonyl (C=O) groups excluding carboxylic acids is 1. The minimum atomic E-state index is 0.0696. The van der Waals surface area contributed by atoms with Gasteiger partial charge in [0, 0.05) is 17.9 Å². The lowest BCUT2D eigenvalue weighted by Crippen LogP contribution is -2.35. The Balaban J connectivity index is 2.00. The Bertz CT molecular complexity index is 566. The molecule has 0 aliphatic carbocycles. The third kappa shape index (κ3) is 3.60. The van der Waals surface area contributed by atoms with E-state index in [0.29, 0.717) is 13.1 Å². The lowest BCUT2D eigenvalue weighted by molar-refractivity contribution is -0.116. The van der Waals surface area contributed by atoms with Crippen molar-refractivity contribution in [3.8, 4) is 0 Å². The molecule has 0 saturated carbocycles. The summed E-state index contributed by atoms with van der Waals surface area (Å²) in [6.45, 7) is 4.98. The first-order chi connectivity index (χ1) is 9.70. The predicted octanol–water partition coefficient (Wildman–Crippen LogP) is 3.46. The minimum Gasteiger partial charge on any atom is -0.376 e. The van der Waals surface area contributed by atoms with Crippen LogP contribution in [0.25, 0.3) is 0 Å². The molecule has 104 valence electrons. The van der Waals surface area contributed by atoms with Crippen LogP contribution in [0.1, 0.15) is 12.5 Å². The third-order valence-corrected chi connectivity index (χ3v) is 3.15. The van der Waals surface area contributed by atoms with Crippen molar-refractivity contribution in [1.82, 2.24) is 0 Å². The van der Waals surface area contributed by atoms with Crippen LogP contribution in [0.15, 0.2) is 54.6 Å². The van der Waals surface area contributed by atoms with Crippen LogP contribution in [0, 0.1) is 6.92 Å². The molecule has 3 heteroatoms. The standard InChI is InChI=1S/C17H20N2O/c1-3-19(16-10-5-4-6-11-16)17(20)13-18-15-9-7-8-14(2)12-15/h4-12,18H,3,13H2,1-2H3. The lowest BCUT2D eigenvalue weighted by Gasteiger charge is -2.21. The number of rotatable bonds is 5. The van der Waals surface area contributed by atoms with Gasteiger partial charge < -0.3 is 10.2 Å². The van der Waals surface area contributed by atoms with Crippen molar-refractivity contribution in [2.45, 2.75) is 13.8 Å². The van der Waals surface area contributed by atoms with E-state index >= 15 is 0 Å². The Labute approximate surface area is 120 Å². The molecule has 3 nitrogen and oxygen atoms in total. The Morgan fingerprint density at radius 3 is 2.50 bits per heavy atom. The topological polar surface area (TPSA) is 32.3 Å². The highest BCUT2D eigenvalue weighted by Gasteiger charge is 2.12. The summed E-state index contributed by atoms with van der Waals surface area (Å²) in [5.74, 6) is 0.0696. The fraction of sp³-hybridized carbons (Fsp3) is 0.235. The Kier molecular flexibility index (Phi) is 4.77. The number of likely N-dealkylation sites (N-methyl/N-ethyl adjacent to an activating group) is 1. The molecule has 2 aromatic rings. The van der Waals surface area contributed by atoms with Gasteiger partial charge in [-0.15, -0.1) is 0 Å². The largest absolute Gasteiger partial charge is 0.376 e. The molecule has 0 aromatic heterocycles. The Morgan fingerprint density at radius 1 is 1.10 bits per heavy atom. The van der Waals surface area contributed by atoms with E-state index in [-0.39, 0.29) is 5.91 Å². The van der Waals surface area contributed by atoms with Gasteiger partial charge in [0.15, 0.2) is 0 Å². The van der Waals surface area contributed by atoms with Crippen LogP contribution in [0.5, 0.6) is 0 Å². The first-order valence-corrected chi connectivity index (χ1v) is 6.86. The molecule has 2 aromatic carbocycles. The van der Waals surface area contributed by atoms with Gasteiger partial charge in [-0.2, -0.15) is 0 Å². The van der Waals surface area contributed by atoms with Crippen molar-refractivity contribution in [1.29, 1.82) is 0 Å². The molecule has 0 aliphatic heterocycles. The Morgan fingerprint density at radius 2 is 1.85 bits per heavy atom. The quantitative estimate of drug-likeness (QED) is 0.900. The monoisotopic (exact) mass is 268 g/mol. The lowest BCUT2D eigenvalue weighted by atomic mass is 10.2. The highest BCUT2D eigenvalue weighted by atomic mass is 16.2. The smallest absolute Gasteiger partial charge is 0.246 e. The van der Waals surface area contributed by atoms with Gasteiger partial charge in [0.2, 0.25) is 5.91 Å². The summed E-state index contributed by atoms with van der Waals surface area (Å²) in [6, 6.07) is 17.8. The van der Waals surface area contributed by atoms with Crippen molar-refractivity contribution in [3.63, 3.8) is 0 Å². The van der Waals surface area contributed by atoms with Crippen molar-refractivity contribution in [2.24, 2.45) is 0 Å². The molecule has 0 atom stereocenters. The molecule has 0 heterocycles. The summed E-state index contributed by atoms with van der Waals surface area (Å²) >= 11 is 0. The second-order valence-electron chi connectivity index (χ2n) is 4.70. The van der Waals surface area contributed by atoms with Crippen molar-refractivity contribution in [3.05, 3.63) is 60.2 Å². The SMILES string of the molecule is CCN(C(=O)CNc1cccc(C)c1)c1ccccc1. The zero-order valence-electron chi connectivity index (χ0n) is 12.0. The summed E-state index contributed by atoms with van der Waals surface area (Å²) in [4.78, 5) is 14.1. The summed E-state index contributed by atoms with van der Waals surface area (Å²) in [6.07, 6.45) is 0. The molecule has 0 radical (unpaired) electrons. The number of nitrogens with one attached hydrogen (secondary N) is 1. The highest BCUT2D eigenvalue weighted by Crippen LogP contribution is 2.14. The van der Waals surface area contributed by atoms with Crippen LogP contribution in [0.4, 0.5) is 11.4 Å². The minimum absolute atomic E-state index is 0.0696. The summed E-state index contributed by atoms with van der Waals surface area (Å²) in [5.41, 5.74) is 3.09. The van der Waals surface area contributed by atoms with Gasteiger partial charge in [-0.25, -0.2) is 0 Å². The number of aryl methyl sites for hydroxylation is 1. The summed E-state index contributed by atoms with van der Waals surface area (Å²) in [5, 5.41) is 3.18. The third-order valence-electron chi connectivity index (χ3n) is 3.15. The molecule has 2 rings (SSSR count). The first-order valence-electron chi connectivity index (χ1n) is 6.86. The number of anilines is 2. The maximum absolute atomic E-state index is 12.3. The zero-order chi connectivity index (χ0) is 14.4. The Hall–Kier alpha value is -2.29. The molecule has 20 heavy (non-hydrogen) atoms. The van der Waals surface area contributed by atoms with Crippen LogP contribution in [-0.4, -0.2) is 19.0 Å². The van der Waals surface area contributed by atoms with Crippen LogP contribution >= 0.6 is 0 Å². The molecule has 0 spiro atoms. The van der Waals surface area contributed by atoms with Crippen molar-refractivity contribution in [2.75, 3.05) is 23.3 Å². The van der Waals surface area contributed by atoms with Gasteiger partial charge in [-0.3, -0.25) is 4.79 Å². The predicted molar refractivity (Wildman–Crippen MR) is 84.1 cm³/mol. The van der Waals surface area contributed by atoms with Crippen LogP contribution in [0.2, 0.25) is 0 Å². The zero-order valence-corrected chi connectivity index (χ0v) is 12.0. The highest BCUT2D eigenvalue weighted by molar-refractivity contribution is 5.96. The summed E-state index contributed by atoms with van der Waals surface area (Å²) < 4.78 is 0. The van der Waals surface area contributed by atoms with Crippen LogP contribution < -0.4 is 10.2 Å². The fourth-order valence-electron chi connectivity index (χ4n) is 2.14. The number of carbonyl (C=O) groups is 1. The second kappa shape index (κ2) is 6.75.